The Morgan fingerprint density at radius 1 is 1.03 bits per heavy atom. The standard InChI is InChI=1S/C24H35FN2O6/c1-15(2)7-5-8-16(3)9-6-10-17(4)11-12-26-22(31)18(25)13-27(24(26)32)23-21(30)20(29)19(14-28)33-23/h7,9,11,13,19-21,23,28-30H,5-6,8,10,12,14H2,1-4H3/b16-9+,17-11+/t19-,20-,21+,23-/m1/s1. The third-order valence-corrected chi connectivity index (χ3v) is 5.69. The summed E-state index contributed by atoms with van der Waals surface area (Å²) in [6, 6.07) is 0. The smallest absolute Gasteiger partial charge is 0.333 e. The van der Waals surface area contributed by atoms with Gasteiger partial charge in [0.1, 0.15) is 18.3 Å². The fourth-order valence-corrected chi connectivity index (χ4v) is 3.63. The van der Waals surface area contributed by atoms with Crippen LogP contribution in [-0.2, 0) is 11.3 Å². The number of rotatable bonds is 10. The van der Waals surface area contributed by atoms with Crippen molar-refractivity contribution in [3.63, 3.8) is 0 Å². The Morgan fingerprint density at radius 2 is 1.64 bits per heavy atom. The van der Waals surface area contributed by atoms with Crippen molar-refractivity contribution >= 4 is 0 Å². The predicted octanol–water partition coefficient (Wildman–Crippen LogP) is 2.18. The minimum Gasteiger partial charge on any atom is -0.394 e. The van der Waals surface area contributed by atoms with Crippen LogP contribution in [0.2, 0.25) is 0 Å². The minimum absolute atomic E-state index is 0.140. The summed E-state index contributed by atoms with van der Waals surface area (Å²) in [6.45, 7) is 7.38. The number of nitrogens with zero attached hydrogens (tertiary/aromatic N) is 2. The van der Waals surface area contributed by atoms with Crippen LogP contribution in [0.15, 0.2) is 50.7 Å². The summed E-state index contributed by atoms with van der Waals surface area (Å²) in [6.07, 6.45) is 4.70. The van der Waals surface area contributed by atoms with E-state index in [1.165, 1.54) is 11.1 Å². The maximum atomic E-state index is 14.3. The van der Waals surface area contributed by atoms with E-state index in [9.17, 15) is 29.3 Å². The highest BCUT2D eigenvalue weighted by Crippen LogP contribution is 2.28. The third kappa shape index (κ3) is 7.07. The normalized spacial score (nSPS) is 23.8. The number of aromatic nitrogens is 2. The Hall–Kier alpha value is -2.33. The number of hydrogen-bond acceptors (Lipinski definition) is 6. The molecule has 0 amide bonds. The largest absolute Gasteiger partial charge is 0.394 e. The van der Waals surface area contributed by atoms with Crippen molar-refractivity contribution in [2.24, 2.45) is 0 Å². The van der Waals surface area contributed by atoms with Gasteiger partial charge in [0, 0.05) is 6.54 Å². The summed E-state index contributed by atoms with van der Waals surface area (Å²) in [4.78, 5) is 25.0. The molecule has 4 atom stereocenters. The molecule has 1 aliphatic heterocycles. The first-order valence-corrected chi connectivity index (χ1v) is 11.1. The monoisotopic (exact) mass is 466 g/mol. The van der Waals surface area contributed by atoms with E-state index in [4.69, 9.17) is 4.74 Å². The van der Waals surface area contributed by atoms with Crippen LogP contribution in [0.25, 0.3) is 0 Å². The lowest BCUT2D eigenvalue weighted by Crippen LogP contribution is -2.44. The van der Waals surface area contributed by atoms with E-state index in [0.29, 0.717) is 10.8 Å². The molecule has 3 N–H and O–H groups in total. The van der Waals surface area contributed by atoms with E-state index in [0.717, 1.165) is 35.8 Å². The second-order valence-corrected chi connectivity index (χ2v) is 8.77. The fraction of sp³-hybridized carbons (Fsp3) is 0.583. The molecule has 0 spiro atoms. The van der Waals surface area contributed by atoms with E-state index < -0.39 is 48.2 Å². The number of aliphatic hydroxyl groups excluding tert-OH is 3. The van der Waals surface area contributed by atoms with E-state index in [2.05, 4.69) is 32.9 Å². The number of aliphatic hydroxyl groups is 3. The van der Waals surface area contributed by atoms with Crippen LogP contribution < -0.4 is 11.2 Å². The number of halogens is 1. The highest BCUT2D eigenvalue weighted by molar-refractivity contribution is 5.06. The van der Waals surface area contributed by atoms with Crippen molar-refractivity contribution in [1.82, 2.24) is 9.13 Å². The lowest BCUT2D eigenvalue weighted by molar-refractivity contribution is -0.0560. The van der Waals surface area contributed by atoms with Crippen LogP contribution in [0.1, 0.15) is 59.6 Å². The molecule has 0 bridgehead atoms. The van der Waals surface area contributed by atoms with Crippen molar-refractivity contribution in [2.45, 2.75) is 84.5 Å². The Bertz CT molecular complexity index is 1020. The zero-order valence-corrected chi connectivity index (χ0v) is 19.7. The average Bonchev–Trinajstić information content (AvgIpc) is 3.04. The van der Waals surface area contributed by atoms with Gasteiger partial charge in [0.15, 0.2) is 6.23 Å². The molecule has 0 aromatic carbocycles. The second-order valence-electron chi connectivity index (χ2n) is 8.77. The van der Waals surface area contributed by atoms with Gasteiger partial charge in [0.2, 0.25) is 5.82 Å². The highest BCUT2D eigenvalue weighted by Gasteiger charge is 2.44. The van der Waals surface area contributed by atoms with E-state index in [-0.39, 0.29) is 6.54 Å². The van der Waals surface area contributed by atoms with Crippen molar-refractivity contribution in [3.8, 4) is 0 Å². The summed E-state index contributed by atoms with van der Waals surface area (Å²) >= 11 is 0. The zero-order chi connectivity index (χ0) is 24.7. The number of allylic oxidation sites excluding steroid dienone is 6. The second kappa shape index (κ2) is 12.2. The molecule has 0 unspecified atom stereocenters. The lowest BCUT2D eigenvalue weighted by Gasteiger charge is -2.18. The molecule has 9 heteroatoms. The predicted molar refractivity (Wildman–Crippen MR) is 123 cm³/mol. The molecule has 0 radical (unpaired) electrons. The molecule has 1 aromatic heterocycles. The summed E-state index contributed by atoms with van der Waals surface area (Å²) < 4.78 is 21.0. The molecule has 2 heterocycles. The van der Waals surface area contributed by atoms with Crippen molar-refractivity contribution in [3.05, 3.63) is 67.8 Å². The van der Waals surface area contributed by atoms with E-state index >= 15 is 0 Å². The lowest BCUT2D eigenvalue weighted by atomic mass is 10.1. The molecule has 1 fully saturated rings. The topological polar surface area (TPSA) is 114 Å². The summed E-state index contributed by atoms with van der Waals surface area (Å²) in [5.74, 6) is -1.19. The van der Waals surface area contributed by atoms with Crippen LogP contribution in [-0.4, -0.2) is 49.4 Å². The molecule has 1 aliphatic rings. The van der Waals surface area contributed by atoms with Crippen LogP contribution in [0.3, 0.4) is 0 Å². The highest BCUT2D eigenvalue weighted by atomic mass is 19.1. The van der Waals surface area contributed by atoms with Crippen LogP contribution >= 0.6 is 0 Å². The van der Waals surface area contributed by atoms with E-state index in [1.54, 1.807) is 6.08 Å². The molecular weight excluding hydrogens is 431 g/mol. The fourth-order valence-electron chi connectivity index (χ4n) is 3.63. The maximum Gasteiger partial charge on any atom is 0.333 e. The van der Waals surface area contributed by atoms with Gasteiger partial charge in [0.25, 0.3) is 5.56 Å². The minimum atomic E-state index is -1.56. The average molecular weight is 467 g/mol. The molecule has 1 saturated heterocycles. The summed E-state index contributed by atoms with van der Waals surface area (Å²) in [5.41, 5.74) is 1.57. The molecule has 0 aliphatic carbocycles. The quantitative estimate of drug-likeness (QED) is 0.456. The van der Waals surface area contributed by atoms with Gasteiger partial charge in [-0.3, -0.25) is 13.9 Å². The molecule has 1 aromatic rings. The number of ether oxygens (including phenoxy) is 1. The molecular formula is C24H35FN2O6. The Kier molecular flexibility index (Phi) is 9.97. The summed E-state index contributed by atoms with van der Waals surface area (Å²) in [5, 5.41) is 29.3. The van der Waals surface area contributed by atoms with Gasteiger partial charge < -0.3 is 20.1 Å². The first kappa shape index (κ1) is 26.9. The molecule has 33 heavy (non-hydrogen) atoms. The van der Waals surface area contributed by atoms with Gasteiger partial charge in [-0.05, 0) is 53.4 Å². The van der Waals surface area contributed by atoms with Crippen molar-refractivity contribution in [1.29, 1.82) is 0 Å². The van der Waals surface area contributed by atoms with Crippen molar-refractivity contribution in [2.75, 3.05) is 6.61 Å². The summed E-state index contributed by atoms with van der Waals surface area (Å²) in [7, 11) is 0. The van der Waals surface area contributed by atoms with Gasteiger partial charge in [0.05, 0.1) is 12.8 Å². The van der Waals surface area contributed by atoms with Crippen molar-refractivity contribution < 1.29 is 24.4 Å². The van der Waals surface area contributed by atoms with Gasteiger partial charge in [-0.1, -0.05) is 34.9 Å². The first-order chi connectivity index (χ1) is 15.6. The van der Waals surface area contributed by atoms with Crippen LogP contribution in [0, 0.1) is 5.82 Å². The van der Waals surface area contributed by atoms with Crippen LogP contribution in [0.5, 0.6) is 0 Å². The Labute approximate surface area is 192 Å². The molecule has 0 saturated carbocycles. The number of hydrogen-bond donors (Lipinski definition) is 3. The first-order valence-electron chi connectivity index (χ1n) is 11.1. The van der Waals surface area contributed by atoms with Crippen LogP contribution in [0.4, 0.5) is 4.39 Å². The van der Waals surface area contributed by atoms with Gasteiger partial charge in [-0.25, -0.2) is 4.79 Å². The van der Waals surface area contributed by atoms with Gasteiger partial charge in [-0.2, -0.15) is 4.39 Å². The molecule has 8 nitrogen and oxygen atoms in total. The SMILES string of the molecule is CC(C)=CCC/C(C)=C/CC/C(C)=C/Cn1c(=O)c(F)cn([C@@H]2O[C@H](CO)[C@@H](O)[C@@H]2O)c1=O. The Balaban J connectivity index is 2.11. The molecule has 184 valence electrons. The van der Waals surface area contributed by atoms with Gasteiger partial charge >= 0.3 is 5.69 Å². The van der Waals surface area contributed by atoms with E-state index in [1.807, 2.05) is 6.92 Å². The Morgan fingerprint density at radius 3 is 2.21 bits per heavy atom. The van der Waals surface area contributed by atoms with Gasteiger partial charge in [-0.15, -0.1) is 0 Å². The third-order valence-electron chi connectivity index (χ3n) is 5.69. The zero-order valence-electron chi connectivity index (χ0n) is 19.7. The maximum absolute atomic E-state index is 14.3. The molecule has 2 rings (SSSR count).